The van der Waals surface area contributed by atoms with Gasteiger partial charge in [0.15, 0.2) is 0 Å². The number of para-hydroxylation sites is 3. The number of hydrogen-bond acceptors (Lipinski definition) is 9. The zero-order valence-electron chi connectivity index (χ0n) is 69.7. The smallest absolute Gasteiger partial charge is 0.376 e. The van der Waals surface area contributed by atoms with E-state index in [0.717, 1.165) is 144 Å². The maximum Gasteiger partial charge on any atom is 0.534 e. The predicted molar refractivity (Wildman–Crippen MR) is 472 cm³/mol. The standard InChI is InChI=1S/C30H28ClF3N2O.C30H26ClF3N2O.C22H10ClF6NO4S.C9H16N.3CH3.FH.Sn/c2*1-30(2,3)35-13-11-18(12-14-35)19-15-23(21-8-7-20(32)17-24(21)31)22-9-10-28(37)36(27(22)16-19)29-25(33)5-4-6-26(29)34;23-16-8-11(24)4-5-13(16)15-9-12(34-35(32,33)22(27,28)29)10-19-14(15)6-7-20(31)30(19)21-17(25)2-1-3-18(21)26;1-9(2,3)10-7-5-4-6-8-10;;;;;/h4-10,15-18H,11-14H2,1-3H3;4-11,15-17H,12-14H2,1-3H3;1-10H;5H,6-8H2,1-3H3;3*1H3;1H;. The van der Waals surface area contributed by atoms with E-state index in [0.29, 0.717) is 60.2 Å². The molecule has 0 spiro atoms. The van der Waals surface area contributed by atoms with E-state index in [1.54, 1.807) is 30.3 Å². The molecule has 0 atom stereocenters. The number of halogens is 16. The van der Waals surface area contributed by atoms with E-state index < -0.39 is 131 Å². The van der Waals surface area contributed by atoms with Crippen molar-refractivity contribution in [3.05, 3.63) is 307 Å². The molecule has 3 aliphatic heterocycles. The Bertz CT molecular complexity index is 6420. The van der Waals surface area contributed by atoms with Crippen molar-refractivity contribution in [3.63, 3.8) is 0 Å². The van der Waals surface area contributed by atoms with Crippen molar-refractivity contribution in [1.82, 2.24) is 28.4 Å². The average Bonchev–Trinajstić information content (AvgIpc) is 0.751. The third-order valence-electron chi connectivity index (χ3n) is 22.2. The van der Waals surface area contributed by atoms with E-state index in [4.69, 9.17) is 34.8 Å². The van der Waals surface area contributed by atoms with Gasteiger partial charge >= 0.3 is 109 Å². The second-order valence-electron chi connectivity index (χ2n) is 34.3. The minimum atomic E-state index is -6.17. The number of fused-ring (bicyclic) bond motifs is 3. The molecule has 15 rings (SSSR count). The minimum Gasteiger partial charge on any atom is -0.376 e. The molecule has 0 radical (unpaired) electrons. The molecule has 3 aromatic heterocycles. The summed E-state index contributed by atoms with van der Waals surface area (Å²) in [4.78, 5) is 53.8. The largest absolute Gasteiger partial charge is 0.534 e. The molecule has 0 saturated carbocycles. The molecular weight excluding hydrogens is 1810 g/mol. The Morgan fingerprint density at radius 2 is 0.758 bits per heavy atom. The monoisotopic (exact) mass is 1900 g/mol. The first-order valence-corrected chi connectivity index (χ1v) is 52.1. The van der Waals surface area contributed by atoms with Crippen LogP contribution >= 0.6 is 34.8 Å². The molecule has 1 fully saturated rings. The van der Waals surface area contributed by atoms with Gasteiger partial charge in [-0.2, -0.15) is 21.6 Å². The SMILES string of the molecule is CC(C)(C)N1CC=C(c2cc(-c3ccc(F)cc3Cl)c3ccc(=O)n(-c4c(F)cccc4F)c3c2)CC1.CC(C)(C)N1CC=[C]([Sn]([CH3])([CH3])[CH3])CC1.CC(C)(C)N1CCC(c2cc(-c3ccc(F)cc3Cl)c3ccc(=O)n(-c4c(F)cccc4F)c3c2)CC1.F.O=c1ccc2c(-c3ccc(F)cc3Cl)cc(OS(=O)(=O)C(F)(F)F)cc2n1-c1c(F)cccc1F. The molecule has 12 aromatic rings. The number of pyridine rings is 3. The first-order valence-electron chi connectivity index (χ1n) is 39.5. The van der Waals surface area contributed by atoms with Crippen molar-refractivity contribution in [2.75, 3.05) is 39.3 Å². The Morgan fingerprint density at radius 1 is 0.403 bits per heavy atom. The molecular formula is C94H90Cl3F13N6O6SSn. The number of alkyl halides is 3. The van der Waals surface area contributed by atoms with Crippen molar-refractivity contribution in [2.24, 2.45) is 0 Å². The van der Waals surface area contributed by atoms with Crippen LogP contribution in [-0.2, 0) is 10.1 Å². The zero-order valence-corrected chi connectivity index (χ0v) is 75.7. The number of nitrogens with zero attached hydrogens (tertiary/aromatic N) is 6. The van der Waals surface area contributed by atoms with Gasteiger partial charge in [-0.1, -0.05) is 65.1 Å². The zero-order chi connectivity index (χ0) is 89.7. The van der Waals surface area contributed by atoms with Crippen molar-refractivity contribution < 1.29 is 70.0 Å². The van der Waals surface area contributed by atoms with Crippen LogP contribution in [0.1, 0.15) is 105 Å². The van der Waals surface area contributed by atoms with Crippen LogP contribution in [0.4, 0.5) is 57.4 Å². The average molecular weight is 1900 g/mol. The summed E-state index contributed by atoms with van der Waals surface area (Å²) in [5, 5.41) is 1.36. The molecule has 0 bridgehead atoms. The van der Waals surface area contributed by atoms with Gasteiger partial charge in [0.2, 0.25) is 0 Å². The van der Waals surface area contributed by atoms with E-state index >= 15 is 0 Å². The van der Waals surface area contributed by atoms with E-state index in [1.165, 1.54) is 74.1 Å². The number of piperidine rings is 1. The quantitative estimate of drug-likeness (QED) is 0.0540. The van der Waals surface area contributed by atoms with Crippen molar-refractivity contribution in [1.29, 1.82) is 0 Å². The molecule has 30 heteroatoms. The molecule has 124 heavy (non-hydrogen) atoms. The third kappa shape index (κ3) is 20.9. The van der Waals surface area contributed by atoms with Crippen LogP contribution in [0.3, 0.4) is 0 Å². The van der Waals surface area contributed by atoms with Crippen LogP contribution in [0.5, 0.6) is 5.75 Å². The molecule has 0 aliphatic carbocycles. The molecule has 1 saturated heterocycles. The van der Waals surface area contributed by atoms with Crippen molar-refractivity contribution >= 4 is 102 Å². The van der Waals surface area contributed by atoms with Gasteiger partial charge in [-0.05, 0) is 247 Å². The fourth-order valence-corrected chi connectivity index (χ4v) is 21.4. The summed E-state index contributed by atoms with van der Waals surface area (Å²) in [5.41, 5.74) is -3.74. The summed E-state index contributed by atoms with van der Waals surface area (Å²) >= 11 is 17.3. The van der Waals surface area contributed by atoms with Crippen LogP contribution in [0.2, 0.25) is 29.9 Å². The number of hydrogen-bond donors (Lipinski definition) is 0. The van der Waals surface area contributed by atoms with Crippen LogP contribution in [0.25, 0.3) is 88.7 Å². The molecule has 9 aromatic carbocycles. The van der Waals surface area contributed by atoms with Gasteiger partial charge in [0, 0.05) is 81.3 Å². The Morgan fingerprint density at radius 3 is 1.10 bits per heavy atom. The first kappa shape index (κ1) is 95.1. The molecule has 6 heterocycles. The van der Waals surface area contributed by atoms with Gasteiger partial charge < -0.3 is 4.18 Å². The molecule has 12 nitrogen and oxygen atoms in total. The van der Waals surface area contributed by atoms with Crippen LogP contribution in [0, 0.1) is 52.4 Å². The second-order valence-corrected chi connectivity index (χ2v) is 51.8. The van der Waals surface area contributed by atoms with Crippen LogP contribution < -0.4 is 20.9 Å². The third-order valence-corrected chi connectivity index (χ3v) is 30.9. The van der Waals surface area contributed by atoms with E-state index in [2.05, 4.69) is 108 Å². The second kappa shape index (κ2) is 37.6. The normalized spacial score (nSPS) is 14.8. The van der Waals surface area contributed by atoms with Gasteiger partial charge in [0.25, 0.3) is 16.7 Å². The molecule has 0 N–H and O–H groups in total. The fourth-order valence-electron chi connectivity index (χ4n) is 15.7. The Hall–Kier alpha value is -9.52. The van der Waals surface area contributed by atoms with Gasteiger partial charge in [-0.15, -0.1) is 0 Å². The van der Waals surface area contributed by atoms with E-state index in [9.17, 15) is 75.5 Å². The number of benzene rings is 9. The summed E-state index contributed by atoms with van der Waals surface area (Å²) in [7, 11) is -6.17. The number of likely N-dealkylation sites (tertiary alicyclic amines) is 1. The molecule has 3 aliphatic rings. The summed E-state index contributed by atoms with van der Waals surface area (Å²) in [5.74, 6) is -8.19. The number of rotatable bonds is 11. The van der Waals surface area contributed by atoms with Crippen molar-refractivity contribution in [2.45, 2.75) is 131 Å². The van der Waals surface area contributed by atoms with Gasteiger partial charge in [0.05, 0.1) is 31.6 Å². The summed E-state index contributed by atoms with van der Waals surface area (Å²) in [6, 6.07) is 38.1. The predicted octanol–water partition coefficient (Wildman–Crippen LogP) is 24.7. The summed E-state index contributed by atoms with van der Waals surface area (Å²) in [6.07, 6.45) is 8.53. The van der Waals surface area contributed by atoms with Crippen LogP contribution in [-0.4, -0.2) is 117 Å². The topological polar surface area (TPSA) is 119 Å². The van der Waals surface area contributed by atoms with Crippen LogP contribution in [0.15, 0.2) is 212 Å². The Balaban J connectivity index is 0.000000167. The molecule has 0 amide bonds. The maximum atomic E-state index is 14.9. The Kier molecular flexibility index (Phi) is 28.8. The minimum absolute atomic E-state index is 0. The summed E-state index contributed by atoms with van der Waals surface area (Å²) < 4.78 is 201. The molecule has 0 unspecified atom stereocenters. The Labute approximate surface area is 728 Å². The fraction of sp³-hybridized carbons (Fsp3) is 0.287. The summed E-state index contributed by atoms with van der Waals surface area (Å²) in [6.45, 7) is 25.8. The maximum absolute atomic E-state index is 14.9. The van der Waals surface area contributed by atoms with Crippen molar-refractivity contribution in [3.8, 4) is 56.2 Å². The van der Waals surface area contributed by atoms with Gasteiger partial charge in [-0.25, -0.2) is 39.5 Å². The first-order chi connectivity index (χ1) is 57.6. The van der Waals surface area contributed by atoms with E-state index in [1.807, 2.05) is 21.8 Å². The number of aromatic nitrogens is 3. The van der Waals surface area contributed by atoms with E-state index in [-0.39, 0.29) is 53.3 Å². The molecule has 654 valence electrons. The van der Waals surface area contributed by atoms with Gasteiger partial charge in [-0.3, -0.25) is 42.6 Å². The van der Waals surface area contributed by atoms with Gasteiger partial charge in [0.1, 0.15) is 75.2 Å².